The average molecular weight is 380 g/mol. The van der Waals surface area contributed by atoms with Crippen molar-refractivity contribution < 1.29 is 14.3 Å². The van der Waals surface area contributed by atoms with Crippen LogP contribution in [0.15, 0.2) is 49.1 Å². The predicted molar refractivity (Wildman–Crippen MR) is 103 cm³/mol. The number of aromatic nitrogens is 4. The molecule has 144 valence electrons. The zero-order valence-electron chi connectivity index (χ0n) is 15.3. The van der Waals surface area contributed by atoms with E-state index in [1.54, 1.807) is 17.8 Å². The molecule has 0 aliphatic carbocycles. The van der Waals surface area contributed by atoms with Gasteiger partial charge in [0.2, 0.25) is 0 Å². The minimum absolute atomic E-state index is 0.0573. The maximum atomic E-state index is 12.2. The van der Waals surface area contributed by atoms with Crippen molar-refractivity contribution in [3.63, 3.8) is 0 Å². The molecule has 0 radical (unpaired) electrons. The fourth-order valence-electron chi connectivity index (χ4n) is 2.63. The van der Waals surface area contributed by atoms with E-state index in [1.807, 2.05) is 24.3 Å². The number of carbonyl (C=O) groups excluding carboxylic acids is 2. The summed E-state index contributed by atoms with van der Waals surface area (Å²) in [5.41, 5.74) is 8.07. The molecule has 0 saturated carbocycles. The molecule has 0 saturated heterocycles. The van der Waals surface area contributed by atoms with E-state index in [9.17, 15) is 9.59 Å². The maximum absolute atomic E-state index is 12.2. The smallest absolute Gasteiger partial charge is 0.310 e. The van der Waals surface area contributed by atoms with Gasteiger partial charge in [-0.05, 0) is 18.1 Å². The average Bonchev–Trinajstić information content (AvgIpc) is 3.09. The number of hydrogen-bond donors (Lipinski definition) is 2. The van der Waals surface area contributed by atoms with Gasteiger partial charge in [0.1, 0.15) is 0 Å². The molecule has 0 aliphatic heterocycles. The summed E-state index contributed by atoms with van der Waals surface area (Å²) in [5, 5.41) is 6.93. The number of anilines is 2. The summed E-state index contributed by atoms with van der Waals surface area (Å²) in [4.78, 5) is 31.6. The van der Waals surface area contributed by atoms with E-state index in [4.69, 9.17) is 10.5 Å². The van der Waals surface area contributed by atoms with Gasteiger partial charge in [-0.1, -0.05) is 24.3 Å². The normalized spacial score (nSPS) is 10.5. The van der Waals surface area contributed by atoms with Crippen LogP contribution in [0.3, 0.4) is 0 Å². The van der Waals surface area contributed by atoms with Crippen LogP contribution in [-0.4, -0.2) is 38.2 Å². The molecule has 2 aromatic heterocycles. The standard InChI is InChI=1S/C19H20N6O3/c1-2-28-16(26)9-13-4-3-5-14(8-13)11-25-12-15(10-23-25)24-19(27)17-18(20)22-7-6-21-17/h3-8,10,12H,2,9,11H2,1H3,(H2,20,22)(H,24,27). The first-order valence-corrected chi connectivity index (χ1v) is 8.69. The van der Waals surface area contributed by atoms with Crippen molar-refractivity contribution in [2.24, 2.45) is 0 Å². The fourth-order valence-corrected chi connectivity index (χ4v) is 2.63. The van der Waals surface area contributed by atoms with E-state index in [2.05, 4.69) is 20.4 Å². The highest BCUT2D eigenvalue weighted by Crippen LogP contribution is 2.13. The van der Waals surface area contributed by atoms with Crippen LogP contribution in [0.4, 0.5) is 11.5 Å². The van der Waals surface area contributed by atoms with Gasteiger partial charge in [0.25, 0.3) is 5.91 Å². The number of nitrogens with two attached hydrogens (primary N) is 1. The molecule has 0 atom stereocenters. The van der Waals surface area contributed by atoms with Crippen molar-refractivity contribution in [2.45, 2.75) is 19.9 Å². The molecule has 0 spiro atoms. The number of rotatable bonds is 7. The second-order valence-corrected chi connectivity index (χ2v) is 5.97. The lowest BCUT2D eigenvalue weighted by Crippen LogP contribution is -2.16. The third kappa shape index (κ3) is 4.91. The van der Waals surface area contributed by atoms with Gasteiger partial charge in [0, 0.05) is 18.6 Å². The molecular weight excluding hydrogens is 360 g/mol. The van der Waals surface area contributed by atoms with Crippen molar-refractivity contribution in [3.05, 3.63) is 65.9 Å². The van der Waals surface area contributed by atoms with Gasteiger partial charge in [-0.3, -0.25) is 14.3 Å². The van der Waals surface area contributed by atoms with E-state index >= 15 is 0 Å². The molecule has 3 N–H and O–H groups in total. The molecule has 2 heterocycles. The molecular formula is C19H20N6O3. The van der Waals surface area contributed by atoms with Crippen molar-refractivity contribution in [2.75, 3.05) is 17.7 Å². The molecule has 3 aromatic rings. The number of carbonyl (C=O) groups is 2. The minimum atomic E-state index is -0.457. The van der Waals surface area contributed by atoms with Crippen molar-refractivity contribution in [3.8, 4) is 0 Å². The molecule has 0 unspecified atom stereocenters. The van der Waals surface area contributed by atoms with Crippen molar-refractivity contribution in [1.82, 2.24) is 19.7 Å². The Morgan fingerprint density at radius 3 is 2.79 bits per heavy atom. The molecule has 0 aliphatic rings. The summed E-state index contributed by atoms with van der Waals surface area (Å²) < 4.78 is 6.65. The van der Waals surface area contributed by atoms with E-state index in [0.29, 0.717) is 18.8 Å². The largest absolute Gasteiger partial charge is 0.466 e. The first-order valence-electron chi connectivity index (χ1n) is 8.69. The third-order valence-corrected chi connectivity index (χ3v) is 3.82. The lowest BCUT2D eigenvalue weighted by atomic mass is 10.1. The first kappa shape index (κ1) is 19.0. The molecule has 28 heavy (non-hydrogen) atoms. The van der Waals surface area contributed by atoms with Gasteiger partial charge in [-0.2, -0.15) is 5.10 Å². The van der Waals surface area contributed by atoms with Crippen LogP contribution < -0.4 is 11.1 Å². The van der Waals surface area contributed by atoms with Gasteiger partial charge in [-0.25, -0.2) is 9.97 Å². The molecule has 0 fully saturated rings. The number of amides is 1. The van der Waals surface area contributed by atoms with Crippen LogP contribution in [0, 0.1) is 0 Å². The summed E-state index contributed by atoms with van der Waals surface area (Å²) in [6.45, 7) is 2.63. The molecule has 3 rings (SSSR count). The quantitative estimate of drug-likeness (QED) is 0.597. The van der Waals surface area contributed by atoms with Crippen LogP contribution >= 0.6 is 0 Å². The second-order valence-electron chi connectivity index (χ2n) is 5.97. The molecule has 1 aromatic carbocycles. The Hall–Kier alpha value is -3.75. The zero-order chi connectivity index (χ0) is 19.9. The lowest BCUT2D eigenvalue weighted by Gasteiger charge is -2.06. The molecule has 1 amide bonds. The van der Waals surface area contributed by atoms with Crippen molar-refractivity contribution >= 4 is 23.4 Å². The third-order valence-electron chi connectivity index (χ3n) is 3.82. The van der Waals surface area contributed by atoms with E-state index in [-0.39, 0.29) is 23.9 Å². The summed E-state index contributed by atoms with van der Waals surface area (Å²) >= 11 is 0. The highest BCUT2D eigenvalue weighted by molar-refractivity contribution is 6.05. The number of nitrogens with zero attached hydrogens (tertiary/aromatic N) is 4. The molecule has 9 nitrogen and oxygen atoms in total. The second kappa shape index (κ2) is 8.76. The Morgan fingerprint density at radius 1 is 1.21 bits per heavy atom. The summed E-state index contributed by atoms with van der Waals surface area (Å²) in [6.07, 6.45) is 6.27. The van der Waals surface area contributed by atoms with Gasteiger partial charge >= 0.3 is 5.97 Å². The number of esters is 1. The van der Waals surface area contributed by atoms with Gasteiger partial charge in [0.05, 0.1) is 31.5 Å². The van der Waals surface area contributed by atoms with Gasteiger partial charge < -0.3 is 15.8 Å². The molecule has 9 heteroatoms. The Morgan fingerprint density at radius 2 is 2.00 bits per heavy atom. The number of benzene rings is 1. The summed E-state index contributed by atoms with van der Waals surface area (Å²) in [7, 11) is 0. The van der Waals surface area contributed by atoms with Crippen molar-refractivity contribution in [1.29, 1.82) is 0 Å². The topological polar surface area (TPSA) is 125 Å². The number of hydrogen-bond acceptors (Lipinski definition) is 7. The van der Waals surface area contributed by atoms with E-state index in [1.165, 1.54) is 18.6 Å². The Kier molecular flexibility index (Phi) is 5.95. The highest BCUT2D eigenvalue weighted by Gasteiger charge is 2.13. The van der Waals surface area contributed by atoms with Crippen LogP contribution in [0.5, 0.6) is 0 Å². The highest BCUT2D eigenvalue weighted by atomic mass is 16.5. The van der Waals surface area contributed by atoms with Crippen LogP contribution in [0.25, 0.3) is 0 Å². The van der Waals surface area contributed by atoms with Gasteiger partial charge in [0.15, 0.2) is 11.5 Å². The van der Waals surface area contributed by atoms with E-state index in [0.717, 1.165) is 11.1 Å². The predicted octanol–water partition coefficient (Wildman–Crippen LogP) is 1.66. The summed E-state index contributed by atoms with van der Waals surface area (Å²) in [5.74, 6) is -0.653. The summed E-state index contributed by atoms with van der Waals surface area (Å²) in [6, 6.07) is 7.62. The Labute approximate surface area is 161 Å². The first-order chi connectivity index (χ1) is 13.5. The minimum Gasteiger partial charge on any atom is -0.466 e. The van der Waals surface area contributed by atoms with Crippen LogP contribution in [0.1, 0.15) is 28.5 Å². The SMILES string of the molecule is CCOC(=O)Cc1cccc(Cn2cc(NC(=O)c3nccnc3N)cn2)c1. The van der Waals surface area contributed by atoms with Crippen LogP contribution in [-0.2, 0) is 22.5 Å². The number of nitrogens with one attached hydrogen (secondary N) is 1. The number of ether oxygens (including phenoxy) is 1. The Balaban J connectivity index is 1.64. The monoisotopic (exact) mass is 380 g/mol. The fraction of sp³-hybridized carbons (Fsp3) is 0.211. The van der Waals surface area contributed by atoms with Crippen LogP contribution in [0.2, 0.25) is 0 Å². The number of nitrogen functional groups attached to an aromatic ring is 1. The molecule has 0 bridgehead atoms. The lowest BCUT2D eigenvalue weighted by molar-refractivity contribution is -0.142. The maximum Gasteiger partial charge on any atom is 0.310 e. The van der Waals surface area contributed by atoms with E-state index < -0.39 is 5.91 Å². The Bertz CT molecular complexity index is 985. The zero-order valence-corrected chi connectivity index (χ0v) is 15.3. The van der Waals surface area contributed by atoms with Gasteiger partial charge in [-0.15, -0.1) is 0 Å².